The summed E-state index contributed by atoms with van der Waals surface area (Å²) in [5.74, 6) is 0. The smallest absolute Gasteiger partial charge is 0.164 e. The zero-order valence-corrected chi connectivity index (χ0v) is 14.3. The fraction of sp³-hybridized carbons (Fsp3) is 0.0455. The van der Waals surface area contributed by atoms with E-state index < -0.39 is 0 Å². The third kappa shape index (κ3) is 2.35. The number of rotatable bonds is 2. The number of benzene rings is 2. The van der Waals surface area contributed by atoms with E-state index in [1.54, 1.807) is 0 Å². The van der Waals surface area contributed by atoms with E-state index in [4.69, 9.17) is 4.98 Å². The molecule has 0 aliphatic carbocycles. The number of aryl methyl sites for hydroxylation is 1. The summed E-state index contributed by atoms with van der Waals surface area (Å²) in [5.41, 5.74) is 7.19. The molecule has 5 rings (SSSR count). The van der Waals surface area contributed by atoms with Crippen molar-refractivity contribution in [3.63, 3.8) is 0 Å². The average Bonchev–Trinajstić information content (AvgIpc) is 3.11. The monoisotopic (exact) mass is 336 g/mol. The quantitative estimate of drug-likeness (QED) is 0.459. The van der Waals surface area contributed by atoms with Crippen molar-refractivity contribution < 1.29 is 0 Å². The van der Waals surface area contributed by atoms with Gasteiger partial charge in [-0.1, -0.05) is 48.0 Å². The predicted octanol–water partition coefficient (Wildman–Crippen LogP) is 4.92. The number of hydrogen-bond acceptors (Lipinski definition) is 3. The maximum Gasteiger partial charge on any atom is 0.164 e. The topological polar surface area (TPSA) is 43.1 Å². The van der Waals surface area contributed by atoms with Gasteiger partial charge < -0.3 is 0 Å². The van der Waals surface area contributed by atoms with Crippen LogP contribution in [0.3, 0.4) is 0 Å². The van der Waals surface area contributed by atoms with Crippen molar-refractivity contribution in [1.29, 1.82) is 0 Å². The number of pyridine rings is 1. The Morgan fingerprint density at radius 1 is 0.808 bits per heavy atom. The van der Waals surface area contributed by atoms with Crippen LogP contribution in [0, 0.1) is 6.92 Å². The summed E-state index contributed by atoms with van der Waals surface area (Å²) in [6, 6.07) is 18.6. The predicted molar refractivity (Wildman–Crippen MR) is 104 cm³/mol. The van der Waals surface area contributed by atoms with Crippen LogP contribution < -0.4 is 0 Å². The molecule has 26 heavy (non-hydrogen) atoms. The van der Waals surface area contributed by atoms with Crippen molar-refractivity contribution >= 4 is 16.6 Å². The zero-order chi connectivity index (χ0) is 17.5. The lowest BCUT2D eigenvalue weighted by molar-refractivity contribution is 1.11. The van der Waals surface area contributed by atoms with Crippen LogP contribution in [-0.4, -0.2) is 19.4 Å². The second kappa shape index (κ2) is 5.77. The first-order valence-corrected chi connectivity index (χ1v) is 8.53. The van der Waals surface area contributed by atoms with Crippen LogP contribution in [0.2, 0.25) is 0 Å². The molecule has 0 saturated carbocycles. The van der Waals surface area contributed by atoms with E-state index in [1.807, 2.05) is 47.4 Å². The molecule has 3 heterocycles. The van der Waals surface area contributed by atoms with Crippen LogP contribution >= 0.6 is 0 Å². The first kappa shape index (κ1) is 14.8. The maximum atomic E-state index is 4.70. The number of hydrogen-bond donors (Lipinski definition) is 0. The van der Waals surface area contributed by atoms with Gasteiger partial charge in [-0.3, -0.25) is 9.38 Å². The van der Waals surface area contributed by atoms with Crippen LogP contribution in [0.5, 0.6) is 0 Å². The Morgan fingerprint density at radius 3 is 2.54 bits per heavy atom. The molecule has 0 amide bonds. The molecule has 0 radical (unpaired) electrons. The van der Waals surface area contributed by atoms with E-state index in [2.05, 4.69) is 53.4 Å². The van der Waals surface area contributed by atoms with Gasteiger partial charge in [0.25, 0.3) is 0 Å². The summed E-state index contributed by atoms with van der Waals surface area (Å²) in [4.78, 5) is 13.8. The standard InChI is InChI=1S/C22H16N4/c1-15-6-8-16(9-7-15)17-12-24-22-21(25-14-26(22)13-17)19-10-11-23-20-5-3-2-4-18(19)20/h2-14H,1H3. The molecule has 0 saturated heterocycles. The molecule has 4 heteroatoms. The number of para-hydroxylation sites is 1. The Kier molecular flexibility index (Phi) is 3.28. The van der Waals surface area contributed by atoms with E-state index in [9.17, 15) is 0 Å². The van der Waals surface area contributed by atoms with Crippen LogP contribution in [-0.2, 0) is 0 Å². The summed E-state index contributed by atoms with van der Waals surface area (Å²) in [6.07, 6.45) is 7.63. The Balaban J connectivity index is 1.67. The summed E-state index contributed by atoms with van der Waals surface area (Å²) >= 11 is 0. The minimum absolute atomic E-state index is 0.845. The first-order chi connectivity index (χ1) is 12.8. The van der Waals surface area contributed by atoms with Gasteiger partial charge in [0.05, 0.1) is 5.52 Å². The van der Waals surface area contributed by atoms with Crippen LogP contribution in [0.4, 0.5) is 0 Å². The van der Waals surface area contributed by atoms with E-state index in [1.165, 1.54) is 5.56 Å². The number of fused-ring (bicyclic) bond motifs is 2. The zero-order valence-electron chi connectivity index (χ0n) is 14.3. The molecular formula is C22H16N4. The molecule has 0 atom stereocenters. The van der Waals surface area contributed by atoms with Gasteiger partial charge in [0.15, 0.2) is 5.65 Å². The van der Waals surface area contributed by atoms with Gasteiger partial charge in [-0.15, -0.1) is 0 Å². The highest BCUT2D eigenvalue weighted by Crippen LogP contribution is 2.29. The fourth-order valence-corrected chi connectivity index (χ4v) is 3.28. The van der Waals surface area contributed by atoms with Gasteiger partial charge in [0.2, 0.25) is 0 Å². The van der Waals surface area contributed by atoms with Crippen molar-refractivity contribution in [2.24, 2.45) is 0 Å². The molecular weight excluding hydrogens is 320 g/mol. The Bertz CT molecular complexity index is 1230. The molecule has 0 bridgehead atoms. The molecule has 0 N–H and O–H groups in total. The van der Waals surface area contributed by atoms with Crippen molar-refractivity contribution in [1.82, 2.24) is 19.4 Å². The van der Waals surface area contributed by atoms with E-state index in [0.29, 0.717) is 0 Å². The van der Waals surface area contributed by atoms with Gasteiger partial charge in [0.1, 0.15) is 12.0 Å². The van der Waals surface area contributed by atoms with Gasteiger partial charge in [-0.2, -0.15) is 0 Å². The van der Waals surface area contributed by atoms with Crippen molar-refractivity contribution in [2.75, 3.05) is 0 Å². The van der Waals surface area contributed by atoms with Gasteiger partial charge in [-0.25, -0.2) is 9.97 Å². The molecule has 5 aromatic rings. The van der Waals surface area contributed by atoms with E-state index >= 15 is 0 Å². The number of imidazole rings is 1. The Hall–Kier alpha value is -3.53. The second-order valence-corrected chi connectivity index (χ2v) is 6.41. The van der Waals surface area contributed by atoms with Gasteiger partial charge in [-0.05, 0) is 24.6 Å². The van der Waals surface area contributed by atoms with Crippen molar-refractivity contribution in [3.8, 4) is 22.4 Å². The van der Waals surface area contributed by atoms with Crippen LogP contribution in [0.25, 0.3) is 38.9 Å². The second-order valence-electron chi connectivity index (χ2n) is 6.41. The molecule has 124 valence electrons. The maximum absolute atomic E-state index is 4.70. The molecule has 0 spiro atoms. The minimum atomic E-state index is 0.845. The first-order valence-electron chi connectivity index (χ1n) is 8.53. The van der Waals surface area contributed by atoms with E-state index in [-0.39, 0.29) is 0 Å². The molecule has 0 aliphatic heterocycles. The Labute approximate surface area is 150 Å². The summed E-state index contributed by atoms with van der Waals surface area (Å²) in [5, 5.41) is 1.08. The lowest BCUT2D eigenvalue weighted by atomic mass is 10.1. The highest BCUT2D eigenvalue weighted by Gasteiger charge is 2.12. The normalized spacial score (nSPS) is 11.3. The summed E-state index contributed by atoms with van der Waals surface area (Å²) in [7, 11) is 0. The third-order valence-electron chi connectivity index (χ3n) is 4.66. The Morgan fingerprint density at radius 2 is 1.65 bits per heavy atom. The lowest BCUT2D eigenvalue weighted by Gasteiger charge is -2.05. The van der Waals surface area contributed by atoms with Crippen molar-refractivity contribution in [3.05, 3.63) is 85.1 Å². The minimum Gasteiger partial charge on any atom is -0.290 e. The number of nitrogens with zero attached hydrogens (tertiary/aromatic N) is 4. The van der Waals surface area contributed by atoms with Crippen LogP contribution in [0.15, 0.2) is 79.5 Å². The van der Waals surface area contributed by atoms with Crippen molar-refractivity contribution in [2.45, 2.75) is 6.92 Å². The molecule has 0 aliphatic rings. The SMILES string of the molecule is Cc1ccc(-c2cnc3c(-c4ccnc5ccccc45)ncn3c2)cc1. The van der Waals surface area contributed by atoms with Crippen LogP contribution in [0.1, 0.15) is 5.56 Å². The lowest BCUT2D eigenvalue weighted by Crippen LogP contribution is -1.91. The molecule has 2 aromatic carbocycles. The molecule has 3 aromatic heterocycles. The highest BCUT2D eigenvalue weighted by molar-refractivity contribution is 5.96. The summed E-state index contributed by atoms with van der Waals surface area (Å²) < 4.78 is 1.99. The third-order valence-corrected chi connectivity index (χ3v) is 4.66. The molecule has 4 nitrogen and oxygen atoms in total. The average molecular weight is 336 g/mol. The largest absolute Gasteiger partial charge is 0.290 e. The van der Waals surface area contributed by atoms with Gasteiger partial charge in [0, 0.05) is 35.1 Å². The molecule has 0 unspecified atom stereocenters. The fourth-order valence-electron chi connectivity index (χ4n) is 3.28. The molecule has 0 fully saturated rings. The summed E-state index contributed by atoms with van der Waals surface area (Å²) in [6.45, 7) is 2.09. The van der Waals surface area contributed by atoms with E-state index in [0.717, 1.165) is 38.9 Å². The van der Waals surface area contributed by atoms with Gasteiger partial charge >= 0.3 is 0 Å². The highest BCUT2D eigenvalue weighted by atomic mass is 15.0. The number of aromatic nitrogens is 4.